The second kappa shape index (κ2) is 7.89. The lowest BCUT2D eigenvalue weighted by Crippen LogP contribution is -2.29. The molecule has 0 spiro atoms. The molecule has 2 N–H and O–H groups in total. The average molecular weight is 424 g/mol. The standard InChI is InChI=1S/C30H21BO2/c32-31(33)24-17-16-21-18-23(15-14-22(21)19-24)30-27-12-6-4-10-25(27)29(20-8-2-1-3-9-20)26-11-5-7-13-28(26)30/h1-19,32-33H. The lowest BCUT2D eigenvalue weighted by Gasteiger charge is -2.18. The van der Waals surface area contributed by atoms with Crippen molar-refractivity contribution in [1.82, 2.24) is 0 Å². The summed E-state index contributed by atoms with van der Waals surface area (Å²) in [4.78, 5) is 0. The van der Waals surface area contributed by atoms with Crippen molar-refractivity contribution >= 4 is 44.9 Å². The zero-order chi connectivity index (χ0) is 22.4. The lowest BCUT2D eigenvalue weighted by atomic mass is 9.79. The highest BCUT2D eigenvalue weighted by atomic mass is 16.4. The average Bonchev–Trinajstić information content (AvgIpc) is 2.87. The van der Waals surface area contributed by atoms with Crippen molar-refractivity contribution in [2.45, 2.75) is 0 Å². The Labute approximate surface area is 192 Å². The third kappa shape index (κ3) is 3.30. The maximum absolute atomic E-state index is 9.53. The summed E-state index contributed by atoms with van der Waals surface area (Å²) in [6.07, 6.45) is 0. The molecule has 0 saturated heterocycles. The van der Waals surface area contributed by atoms with E-state index in [-0.39, 0.29) is 0 Å². The van der Waals surface area contributed by atoms with Gasteiger partial charge in [-0.3, -0.25) is 0 Å². The van der Waals surface area contributed by atoms with Gasteiger partial charge in [0, 0.05) is 0 Å². The van der Waals surface area contributed by atoms with Gasteiger partial charge in [-0.15, -0.1) is 0 Å². The predicted molar refractivity (Wildman–Crippen MR) is 140 cm³/mol. The van der Waals surface area contributed by atoms with E-state index in [4.69, 9.17) is 0 Å². The summed E-state index contributed by atoms with van der Waals surface area (Å²) in [6, 6.07) is 39.8. The summed E-state index contributed by atoms with van der Waals surface area (Å²) in [7, 11) is -1.47. The fourth-order valence-electron chi connectivity index (χ4n) is 4.94. The van der Waals surface area contributed by atoms with Crippen molar-refractivity contribution in [2.75, 3.05) is 0 Å². The van der Waals surface area contributed by atoms with Gasteiger partial charge in [0.25, 0.3) is 0 Å². The molecule has 2 nitrogen and oxygen atoms in total. The normalized spacial score (nSPS) is 11.3. The third-order valence-electron chi connectivity index (χ3n) is 6.45. The molecule has 33 heavy (non-hydrogen) atoms. The minimum Gasteiger partial charge on any atom is -0.423 e. The van der Waals surface area contributed by atoms with Crippen LogP contribution >= 0.6 is 0 Å². The van der Waals surface area contributed by atoms with Gasteiger partial charge in [-0.2, -0.15) is 0 Å². The first-order valence-corrected chi connectivity index (χ1v) is 11.1. The fraction of sp³-hybridized carbons (Fsp3) is 0. The van der Waals surface area contributed by atoms with Crippen molar-refractivity contribution < 1.29 is 10.0 Å². The topological polar surface area (TPSA) is 40.5 Å². The Bertz CT molecular complexity index is 1580. The highest BCUT2D eigenvalue weighted by molar-refractivity contribution is 6.58. The SMILES string of the molecule is OB(O)c1ccc2cc(-c3c4ccccc4c(-c4ccccc4)c4ccccc34)ccc2c1. The molecule has 0 aromatic heterocycles. The van der Waals surface area contributed by atoms with Crippen LogP contribution in [0.1, 0.15) is 0 Å². The van der Waals surface area contributed by atoms with E-state index in [1.54, 1.807) is 6.07 Å². The van der Waals surface area contributed by atoms with Gasteiger partial charge in [0.15, 0.2) is 0 Å². The van der Waals surface area contributed by atoms with E-state index >= 15 is 0 Å². The van der Waals surface area contributed by atoms with Gasteiger partial charge in [0.05, 0.1) is 0 Å². The number of benzene rings is 6. The zero-order valence-corrected chi connectivity index (χ0v) is 17.9. The number of hydrogen-bond acceptors (Lipinski definition) is 2. The maximum atomic E-state index is 9.53. The summed E-state index contributed by atoms with van der Waals surface area (Å²) >= 11 is 0. The van der Waals surface area contributed by atoms with Crippen molar-refractivity contribution in [2.24, 2.45) is 0 Å². The molecule has 6 aromatic rings. The van der Waals surface area contributed by atoms with Crippen LogP contribution in [-0.2, 0) is 0 Å². The molecule has 6 aromatic carbocycles. The van der Waals surface area contributed by atoms with Gasteiger partial charge in [-0.1, -0.05) is 109 Å². The summed E-state index contributed by atoms with van der Waals surface area (Å²) in [5, 5.41) is 26.0. The van der Waals surface area contributed by atoms with E-state index in [2.05, 4.69) is 97.1 Å². The van der Waals surface area contributed by atoms with Crippen LogP contribution in [0.2, 0.25) is 0 Å². The summed E-state index contributed by atoms with van der Waals surface area (Å²) in [5.41, 5.74) is 5.33. The fourth-order valence-corrected chi connectivity index (χ4v) is 4.94. The van der Waals surface area contributed by atoms with Crippen LogP contribution in [0.4, 0.5) is 0 Å². The van der Waals surface area contributed by atoms with Crippen molar-refractivity contribution in [3.63, 3.8) is 0 Å². The van der Waals surface area contributed by atoms with Crippen molar-refractivity contribution in [1.29, 1.82) is 0 Å². The third-order valence-corrected chi connectivity index (χ3v) is 6.45. The van der Waals surface area contributed by atoms with Crippen LogP contribution in [0.25, 0.3) is 54.6 Å². The molecule has 3 heteroatoms. The Morgan fingerprint density at radius 2 is 0.909 bits per heavy atom. The largest absolute Gasteiger partial charge is 0.488 e. The monoisotopic (exact) mass is 424 g/mol. The molecule has 0 amide bonds. The molecule has 0 heterocycles. The molecular weight excluding hydrogens is 403 g/mol. The second-order valence-corrected chi connectivity index (χ2v) is 8.40. The Hall–Kier alpha value is -3.92. The first kappa shape index (κ1) is 19.7. The quantitative estimate of drug-likeness (QED) is 0.264. The molecule has 0 aliphatic carbocycles. The van der Waals surface area contributed by atoms with Crippen LogP contribution in [0.3, 0.4) is 0 Å². The van der Waals surface area contributed by atoms with Crippen molar-refractivity contribution in [3.05, 3.63) is 115 Å². The first-order chi connectivity index (χ1) is 16.2. The number of fused-ring (bicyclic) bond motifs is 3. The summed E-state index contributed by atoms with van der Waals surface area (Å²) in [6.45, 7) is 0. The molecule has 156 valence electrons. The van der Waals surface area contributed by atoms with Gasteiger partial charge in [0.1, 0.15) is 0 Å². The van der Waals surface area contributed by atoms with E-state index in [1.807, 2.05) is 12.1 Å². The Balaban J connectivity index is 1.69. The molecule has 0 atom stereocenters. The molecule has 0 saturated carbocycles. The molecule has 6 rings (SSSR count). The van der Waals surface area contributed by atoms with Crippen LogP contribution in [0.5, 0.6) is 0 Å². The maximum Gasteiger partial charge on any atom is 0.488 e. The number of rotatable bonds is 3. The Morgan fingerprint density at radius 3 is 1.48 bits per heavy atom. The van der Waals surface area contributed by atoms with Gasteiger partial charge in [-0.25, -0.2) is 0 Å². The van der Waals surface area contributed by atoms with Crippen LogP contribution < -0.4 is 5.46 Å². The van der Waals surface area contributed by atoms with Crippen LogP contribution in [-0.4, -0.2) is 17.2 Å². The molecule has 0 aliphatic heterocycles. The lowest BCUT2D eigenvalue weighted by molar-refractivity contribution is 0.426. The molecule has 0 unspecified atom stereocenters. The predicted octanol–water partition coefficient (Wildman–Crippen LogP) is 6.16. The highest BCUT2D eigenvalue weighted by Crippen LogP contribution is 2.43. The highest BCUT2D eigenvalue weighted by Gasteiger charge is 2.17. The summed E-state index contributed by atoms with van der Waals surface area (Å²) in [5.74, 6) is 0. The molecule has 0 radical (unpaired) electrons. The van der Waals surface area contributed by atoms with Crippen LogP contribution in [0, 0.1) is 0 Å². The van der Waals surface area contributed by atoms with E-state index in [0.29, 0.717) is 5.46 Å². The number of hydrogen-bond donors (Lipinski definition) is 2. The van der Waals surface area contributed by atoms with E-state index in [0.717, 1.165) is 16.3 Å². The van der Waals surface area contributed by atoms with Gasteiger partial charge in [0.2, 0.25) is 0 Å². The van der Waals surface area contributed by atoms with Gasteiger partial charge < -0.3 is 10.0 Å². The van der Waals surface area contributed by atoms with E-state index in [1.165, 1.54) is 38.2 Å². The summed E-state index contributed by atoms with van der Waals surface area (Å²) < 4.78 is 0. The molecule has 0 fully saturated rings. The second-order valence-electron chi connectivity index (χ2n) is 8.40. The van der Waals surface area contributed by atoms with E-state index in [9.17, 15) is 10.0 Å². The van der Waals surface area contributed by atoms with Gasteiger partial charge in [-0.05, 0) is 66.1 Å². The Kier molecular flexibility index (Phi) is 4.72. The molecule has 0 bridgehead atoms. The molecule has 0 aliphatic rings. The Morgan fingerprint density at radius 1 is 0.424 bits per heavy atom. The minimum absolute atomic E-state index is 0.498. The minimum atomic E-state index is -1.47. The van der Waals surface area contributed by atoms with Crippen molar-refractivity contribution in [3.8, 4) is 22.3 Å². The van der Waals surface area contributed by atoms with Crippen LogP contribution in [0.15, 0.2) is 115 Å². The van der Waals surface area contributed by atoms with E-state index < -0.39 is 7.12 Å². The first-order valence-electron chi connectivity index (χ1n) is 11.1. The zero-order valence-electron chi connectivity index (χ0n) is 17.9. The molecular formula is C30H21BO2. The van der Waals surface area contributed by atoms with Gasteiger partial charge >= 0.3 is 7.12 Å². The smallest absolute Gasteiger partial charge is 0.423 e.